The molecule has 2 saturated heterocycles. The summed E-state index contributed by atoms with van der Waals surface area (Å²) in [5.74, 6) is 5.74. The molecule has 0 radical (unpaired) electrons. The zero-order valence-corrected chi connectivity index (χ0v) is 5.42. The molecular weight excluding hydrogens is 116 g/mol. The van der Waals surface area contributed by atoms with Gasteiger partial charge < -0.3 is 4.74 Å². The molecule has 2 fully saturated rings. The number of morpholine rings is 1. The summed E-state index contributed by atoms with van der Waals surface area (Å²) in [7, 11) is 0. The van der Waals surface area contributed by atoms with Crippen LogP contribution in [0.25, 0.3) is 0 Å². The van der Waals surface area contributed by atoms with E-state index in [1.165, 1.54) is 12.8 Å². The second-order valence-electron chi connectivity index (χ2n) is 2.87. The smallest absolute Gasteiger partial charge is 0.0636 e. The molecule has 52 valence electrons. The van der Waals surface area contributed by atoms with Crippen LogP contribution in [0.4, 0.5) is 0 Å². The predicted molar refractivity (Wildman–Crippen MR) is 33.7 cm³/mol. The predicted octanol–water partition coefficient (Wildman–Crippen LogP) is -0.277. The highest BCUT2D eigenvalue weighted by molar-refractivity contribution is 4.86. The molecule has 0 spiro atoms. The van der Waals surface area contributed by atoms with Gasteiger partial charge in [-0.2, -0.15) is 0 Å². The van der Waals surface area contributed by atoms with E-state index in [1.807, 2.05) is 5.01 Å². The summed E-state index contributed by atoms with van der Waals surface area (Å²) in [5, 5.41) is 1.96. The van der Waals surface area contributed by atoms with Crippen molar-refractivity contribution in [3.8, 4) is 0 Å². The Hall–Kier alpha value is -0.120. The first-order valence-corrected chi connectivity index (χ1v) is 3.48. The molecule has 2 aliphatic rings. The highest BCUT2D eigenvalue weighted by Crippen LogP contribution is 2.24. The molecule has 2 aliphatic heterocycles. The topological polar surface area (TPSA) is 38.5 Å². The molecular formula is C6H12N2O. The summed E-state index contributed by atoms with van der Waals surface area (Å²) in [6, 6.07) is 1.03. The molecule has 2 atom stereocenters. The SMILES string of the molecule is NN1C2CCC1COC2. The van der Waals surface area contributed by atoms with Gasteiger partial charge in [-0.3, -0.25) is 5.84 Å². The van der Waals surface area contributed by atoms with E-state index in [2.05, 4.69) is 0 Å². The van der Waals surface area contributed by atoms with Crippen LogP contribution in [0.5, 0.6) is 0 Å². The fourth-order valence-electron chi connectivity index (χ4n) is 1.66. The van der Waals surface area contributed by atoms with Crippen LogP contribution in [-0.4, -0.2) is 30.3 Å². The van der Waals surface area contributed by atoms with Gasteiger partial charge in [0.05, 0.1) is 13.2 Å². The molecule has 0 aromatic rings. The number of fused-ring (bicyclic) bond motifs is 2. The van der Waals surface area contributed by atoms with Crippen molar-refractivity contribution >= 4 is 0 Å². The third kappa shape index (κ3) is 0.764. The molecule has 0 amide bonds. The number of hydrogen-bond acceptors (Lipinski definition) is 3. The van der Waals surface area contributed by atoms with Gasteiger partial charge >= 0.3 is 0 Å². The van der Waals surface area contributed by atoms with Gasteiger partial charge in [-0.25, -0.2) is 5.01 Å². The lowest BCUT2D eigenvalue weighted by molar-refractivity contribution is -0.0149. The Labute approximate surface area is 54.7 Å². The highest BCUT2D eigenvalue weighted by Gasteiger charge is 2.34. The molecule has 9 heavy (non-hydrogen) atoms. The van der Waals surface area contributed by atoms with E-state index in [0.29, 0.717) is 12.1 Å². The number of ether oxygens (including phenoxy) is 1. The van der Waals surface area contributed by atoms with Crippen molar-refractivity contribution in [3.05, 3.63) is 0 Å². The van der Waals surface area contributed by atoms with Crippen LogP contribution in [-0.2, 0) is 4.74 Å². The van der Waals surface area contributed by atoms with Gasteiger partial charge in [-0.05, 0) is 12.8 Å². The van der Waals surface area contributed by atoms with Gasteiger partial charge in [0.15, 0.2) is 0 Å². The number of hydrogen-bond donors (Lipinski definition) is 1. The van der Waals surface area contributed by atoms with E-state index in [1.54, 1.807) is 0 Å². The molecule has 3 heteroatoms. The van der Waals surface area contributed by atoms with Gasteiger partial charge in [-0.1, -0.05) is 0 Å². The number of nitrogens with zero attached hydrogens (tertiary/aromatic N) is 1. The van der Waals surface area contributed by atoms with Crippen molar-refractivity contribution in [1.82, 2.24) is 5.01 Å². The summed E-state index contributed by atoms with van der Waals surface area (Å²) in [4.78, 5) is 0. The Morgan fingerprint density at radius 2 is 1.78 bits per heavy atom. The lowest BCUT2D eigenvalue weighted by Gasteiger charge is -2.29. The third-order valence-electron chi connectivity index (χ3n) is 2.30. The number of rotatable bonds is 0. The van der Waals surface area contributed by atoms with E-state index in [4.69, 9.17) is 10.6 Å². The molecule has 2 unspecified atom stereocenters. The van der Waals surface area contributed by atoms with Crippen molar-refractivity contribution in [1.29, 1.82) is 0 Å². The maximum absolute atomic E-state index is 5.74. The second-order valence-corrected chi connectivity index (χ2v) is 2.87. The van der Waals surface area contributed by atoms with E-state index in [-0.39, 0.29) is 0 Å². The van der Waals surface area contributed by atoms with Crippen LogP contribution < -0.4 is 5.84 Å². The molecule has 2 bridgehead atoms. The lowest BCUT2D eigenvalue weighted by Crippen LogP contribution is -2.49. The van der Waals surface area contributed by atoms with Crippen molar-refractivity contribution in [2.45, 2.75) is 24.9 Å². The fourth-order valence-corrected chi connectivity index (χ4v) is 1.66. The molecule has 3 nitrogen and oxygen atoms in total. The molecule has 0 saturated carbocycles. The van der Waals surface area contributed by atoms with Crippen molar-refractivity contribution in [3.63, 3.8) is 0 Å². The number of hydrazine groups is 1. The van der Waals surface area contributed by atoms with Crippen LogP contribution in [0.1, 0.15) is 12.8 Å². The zero-order valence-electron chi connectivity index (χ0n) is 5.42. The van der Waals surface area contributed by atoms with Gasteiger partial charge in [0.1, 0.15) is 0 Å². The molecule has 2 N–H and O–H groups in total. The zero-order chi connectivity index (χ0) is 6.27. The molecule has 0 aromatic carbocycles. The minimum Gasteiger partial charge on any atom is -0.378 e. The quantitative estimate of drug-likeness (QED) is 0.456. The van der Waals surface area contributed by atoms with Crippen LogP contribution in [0.3, 0.4) is 0 Å². The summed E-state index contributed by atoms with van der Waals surface area (Å²) in [6.07, 6.45) is 2.45. The fraction of sp³-hybridized carbons (Fsp3) is 1.00. The maximum atomic E-state index is 5.74. The molecule has 2 heterocycles. The first-order chi connectivity index (χ1) is 4.38. The average Bonchev–Trinajstić information content (AvgIpc) is 2.19. The Kier molecular flexibility index (Phi) is 1.22. The summed E-state index contributed by atoms with van der Waals surface area (Å²) in [5.41, 5.74) is 0. The average molecular weight is 128 g/mol. The monoisotopic (exact) mass is 128 g/mol. The summed E-state index contributed by atoms with van der Waals surface area (Å²) < 4.78 is 5.31. The largest absolute Gasteiger partial charge is 0.378 e. The van der Waals surface area contributed by atoms with Crippen molar-refractivity contribution in [2.75, 3.05) is 13.2 Å². The standard InChI is InChI=1S/C6H12N2O/c7-8-5-1-2-6(8)4-9-3-5/h5-6H,1-4,7H2. The minimum absolute atomic E-state index is 0.517. The van der Waals surface area contributed by atoms with Gasteiger partial charge in [0.2, 0.25) is 0 Å². The van der Waals surface area contributed by atoms with Crippen LogP contribution in [0.15, 0.2) is 0 Å². The Bertz CT molecular complexity index is 102. The van der Waals surface area contributed by atoms with Gasteiger partial charge in [0, 0.05) is 12.1 Å². The first-order valence-electron chi connectivity index (χ1n) is 3.48. The highest BCUT2D eigenvalue weighted by atomic mass is 16.5. The first kappa shape index (κ1) is 5.65. The Morgan fingerprint density at radius 1 is 1.22 bits per heavy atom. The molecule has 2 rings (SSSR count). The van der Waals surface area contributed by atoms with Crippen LogP contribution >= 0.6 is 0 Å². The molecule has 0 aromatic heterocycles. The lowest BCUT2D eigenvalue weighted by atomic mass is 10.2. The maximum Gasteiger partial charge on any atom is 0.0636 e. The van der Waals surface area contributed by atoms with E-state index in [0.717, 1.165) is 13.2 Å². The van der Waals surface area contributed by atoms with Crippen molar-refractivity contribution < 1.29 is 4.74 Å². The Morgan fingerprint density at radius 3 is 2.22 bits per heavy atom. The summed E-state index contributed by atoms with van der Waals surface area (Å²) in [6.45, 7) is 1.68. The van der Waals surface area contributed by atoms with Gasteiger partial charge in [0.25, 0.3) is 0 Å². The van der Waals surface area contributed by atoms with Gasteiger partial charge in [-0.15, -0.1) is 0 Å². The van der Waals surface area contributed by atoms with Crippen LogP contribution in [0.2, 0.25) is 0 Å². The van der Waals surface area contributed by atoms with E-state index in [9.17, 15) is 0 Å². The normalized spacial score (nSPS) is 43.7. The minimum atomic E-state index is 0.517. The van der Waals surface area contributed by atoms with E-state index >= 15 is 0 Å². The number of nitrogens with two attached hydrogens (primary N) is 1. The van der Waals surface area contributed by atoms with E-state index < -0.39 is 0 Å². The second kappa shape index (κ2) is 1.94. The van der Waals surface area contributed by atoms with Crippen molar-refractivity contribution in [2.24, 2.45) is 5.84 Å². The van der Waals surface area contributed by atoms with Crippen LogP contribution in [0, 0.1) is 0 Å². The third-order valence-corrected chi connectivity index (χ3v) is 2.30. The Balaban J connectivity index is 2.10. The molecule has 0 aliphatic carbocycles. The summed E-state index contributed by atoms with van der Waals surface area (Å²) >= 11 is 0.